The number of hydrogen-bond acceptors (Lipinski definition) is 5. The van der Waals surface area contributed by atoms with Crippen LogP contribution in [0, 0.1) is 26.7 Å². The second kappa shape index (κ2) is 11.4. The molecule has 1 aliphatic heterocycles. The monoisotopic (exact) mass is 544 g/mol. The Bertz CT molecular complexity index is 1610. The lowest BCUT2D eigenvalue weighted by atomic mass is 9.96. The third-order valence-corrected chi connectivity index (χ3v) is 7.97. The Kier molecular flexibility index (Phi) is 7.77. The van der Waals surface area contributed by atoms with E-state index in [1.165, 1.54) is 7.11 Å². The summed E-state index contributed by atoms with van der Waals surface area (Å²) in [6.45, 7) is 8.24. The van der Waals surface area contributed by atoms with Crippen molar-refractivity contribution in [2.45, 2.75) is 53.2 Å². The fraction of sp³-hybridized carbons (Fsp3) is 0.400. The number of aromatic amines is 1. The number of imidazole rings is 1. The summed E-state index contributed by atoms with van der Waals surface area (Å²) >= 11 is 0. The smallest absolute Gasteiger partial charge is 0.256 e. The third-order valence-electron chi connectivity index (χ3n) is 7.97. The van der Waals surface area contributed by atoms with Crippen molar-refractivity contribution < 1.29 is 14.3 Å². The summed E-state index contributed by atoms with van der Waals surface area (Å²) in [5.74, 6) is 1.56. The Hall–Kier alpha value is -4.34. The number of benzene rings is 1. The van der Waals surface area contributed by atoms with Gasteiger partial charge in [0.15, 0.2) is 0 Å². The summed E-state index contributed by atoms with van der Waals surface area (Å²) < 4.78 is 9.48. The number of fused-ring (bicyclic) bond motifs is 1. The van der Waals surface area contributed by atoms with Crippen molar-refractivity contribution in [1.29, 1.82) is 0 Å². The first-order valence-corrected chi connectivity index (χ1v) is 13.6. The number of aryl methyl sites for hydroxylation is 2. The van der Waals surface area contributed by atoms with E-state index in [2.05, 4.69) is 19.9 Å². The maximum Gasteiger partial charge on any atom is 0.256 e. The summed E-state index contributed by atoms with van der Waals surface area (Å²) in [6.07, 6.45) is 5.35. The summed E-state index contributed by atoms with van der Waals surface area (Å²) in [6, 6.07) is 9.67. The lowest BCUT2D eigenvalue weighted by Gasteiger charge is -2.32. The van der Waals surface area contributed by atoms with Crippen molar-refractivity contribution in [2.24, 2.45) is 5.92 Å². The molecule has 1 fully saturated rings. The number of carbonyl (C=O) groups is 2. The molecule has 2 N–H and O–H groups in total. The van der Waals surface area contributed by atoms with Crippen LogP contribution in [-0.2, 0) is 24.4 Å². The van der Waals surface area contributed by atoms with Crippen LogP contribution < -0.4 is 15.6 Å². The Labute approximate surface area is 233 Å². The molecular weight excluding hydrogens is 508 g/mol. The topological polar surface area (TPSA) is 114 Å². The highest BCUT2D eigenvalue weighted by atomic mass is 16.5. The molecule has 0 spiro atoms. The van der Waals surface area contributed by atoms with Crippen molar-refractivity contribution in [3.05, 3.63) is 81.4 Å². The highest BCUT2D eigenvalue weighted by Crippen LogP contribution is 2.29. The average molecular weight is 545 g/mol. The molecule has 3 aromatic heterocycles. The second-order valence-electron chi connectivity index (χ2n) is 10.5. The number of hydrogen-bond donors (Lipinski definition) is 2. The van der Waals surface area contributed by atoms with Gasteiger partial charge in [-0.15, -0.1) is 0 Å². The summed E-state index contributed by atoms with van der Waals surface area (Å²) in [5, 5.41) is 3.82. The number of pyridine rings is 1. The van der Waals surface area contributed by atoms with Crippen LogP contribution >= 0.6 is 0 Å². The molecule has 0 aliphatic carbocycles. The van der Waals surface area contributed by atoms with Crippen LogP contribution in [0.25, 0.3) is 10.9 Å². The molecule has 0 bridgehead atoms. The zero-order chi connectivity index (χ0) is 28.4. The largest absolute Gasteiger partial charge is 0.496 e. The van der Waals surface area contributed by atoms with E-state index < -0.39 is 0 Å². The van der Waals surface area contributed by atoms with Crippen molar-refractivity contribution in [1.82, 2.24) is 29.3 Å². The number of rotatable bonds is 8. The maximum absolute atomic E-state index is 13.5. The number of nitrogens with one attached hydrogen (secondary N) is 2. The number of H-pyrrole nitrogens is 1. The van der Waals surface area contributed by atoms with E-state index in [0.29, 0.717) is 35.0 Å². The minimum absolute atomic E-state index is 0.0572. The van der Waals surface area contributed by atoms with Gasteiger partial charge in [0.25, 0.3) is 11.5 Å². The highest BCUT2D eigenvalue weighted by Gasteiger charge is 2.26. The molecule has 4 aromatic rings. The lowest BCUT2D eigenvalue weighted by Crippen LogP contribution is -2.41. The fourth-order valence-corrected chi connectivity index (χ4v) is 5.69. The van der Waals surface area contributed by atoms with Crippen LogP contribution in [0.3, 0.4) is 0 Å². The Morgan fingerprint density at radius 1 is 1.15 bits per heavy atom. The molecule has 0 saturated carbocycles. The van der Waals surface area contributed by atoms with E-state index in [9.17, 15) is 14.4 Å². The third kappa shape index (κ3) is 5.38. The van der Waals surface area contributed by atoms with Crippen molar-refractivity contribution in [3.63, 3.8) is 0 Å². The molecule has 0 atom stereocenters. The number of methoxy groups -OCH3 is 1. The van der Waals surface area contributed by atoms with Gasteiger partial charge in [0, 0.05) is 54.3 Å². The van der Waals surface area contributed by atoms with Gasteiger partial charge in [0.2, 0.25) is 5.91 Å². The molecule has 40 heavy (non-hydrogen) atoms. The van der Waals surface area contributed by atoms with Crippen molar-refractivity contribution in [3.8, 4) is 5.75 Å². The molecule has 0 unspecified atom stereocenters. The van der Waals surface area contributed by atoms with Gasteiger partial charge in [0.05, 0.1) is 24.8 Å². The van der Waals surface area contributed by atoms with Crippen LogP contribution in [0.1, 0.15) is 46.0 Å². The van der Waals surface area contributed by atoms with Gasteiger partial charge in [-0.05, 0) is 51.7 Å². The van der Waals surface area contributed by atoms with Crippen molar-refractivity contribution in [2.75, 3.05) is 20.2 Å². The highest BCUT2D eigenvalue weighted by molar-refractivity contribution is 6.08. The van der Waals surface area contributed by atoms with Crippen LogP contribution in [0.2, 0.25) is 0 Å². The Morgan fingerprint density at radius 3 is 2.60 bits per heavy atom. The SMILES string of the molecule is COc1cc(C)[nH]c(=O)c1CNC(=O)c1c(C)n(CC2CCN(C(=O)Cn3ccnc3C)CC2)c2ccccc12. The van der Waals surface area contributed by atoms with Gasteiger partial charge in [-0.1, -0.05) is 18.2 Å². The minimum atomic E-state index is -0.277. The van der Waals surface area contributed by atoms with E-state index in [4.69, 9.17) is 4.74 Å². The number of likely N-dealkylation sites (tertiary alicyclic amines) is 1. The standard InChI is InChI=1S/C30H36N6O4/c1-19-15-26(40-4)24(29(38)33-19)16-32-30(39)28-20(2)36(25-8-6-5-7-23(25)28)17-22-9-12-34(13-10-22)27(37)18-35-14-11-31-21(35)3/h5-8,11,14-15,22H,9-10,12-13,16-18H2,1-4H3,(H,32,39)(H,33,38). The van der Waals surface area contributed by atoms with E-state index in [1.807, 2.05) is 53.8 Å². The zero-order valence-corrected chi connectivity index (χ0v) is 23.5. The van der Waals surface area contributed by atoms with E-state index in [1.54, 1.807) is 19.2 Å². The predicted octanol–water partition coefficient (Wildman–Crippen LogP) is 3.33. The number of nitrogens with zero attached hydrogens (tertiary/aromatic N) is 4. The normalized spacial score (nSPS) is 14.1. The molecule has 5 rings (SSSR count). The van der Waals surface area contributed by atoms with E-state index >= 15 is 0 Å². The number of amides is 2. The van der Waals surface area contributed by atoms with Gasteiger partial charge in [0.1, 0.15) is 18.1 Å². The van der Waals surface area contributed by atoms with E-state index in [-0.39, 0.29) is 23.9 Å². The molecule has 0 radical (unpaired) electrons. The minimum Gasteiger partial charge on any atom is -0.496 e. The predicted molar refractivity (Wildman–Crippen MR) is 152 cm³/mol. The summed E-state index contributed by atoms with van der Waals surface area (Å²) in [4.78, 5) is 47.7. The Balaban J connectivity index is 1.29. The van der Waals surface area contributed by atoms with Crippen LogP contribution in [0.5, 0.6) is 5.75 Å². The van der Waals surface area contributed by atoms with Crippen LogP contribution in [-0.4, -0.2) is 56.0 Å². The van der Waals surface area contributed by atoms with Crippen molar-refractivity contribution >= 4 is 22.7 Å². The molecule has 1 aromatic carbocycles. The quantitative estimate of drug-likeness (QED) is 0.353. The molecule has 10 nitrogen and oxygen atoms in total. The molecule has 10 heteroatoms. The van der Waals surface area contributed by atoms with Gasteiger partial charge >= 0.3 is 0 Å². The number of carbonyl (C=O) groups excluding carboxylic acids is 2. The van der Waals surface area contributed by atoms with Gasteiger partial charge < -0.3 is 29.1 Å². The maximum atomic E-state index is 13.5. The number of para-hydroxylation sites is 1. The summed E-state index contributed by atoms with van der Waals surface area (Å²) in [7, 11) is 1.51. The molecule has 2 amide bonds. The van der Waals surface area contributed by atoms with Gasteiger partial charge in [-0.2, -0.15) is 0 Å². The van der Waals surface area contributed by atoms with E-state index in [0.717, 1.165) is 54.9 Å². The molecule has 1 aliphatic rings. The first-order valence-electron chi connectivity index (χ1n) is 13.6. The fourth-order valence-electron chi connectivity index (χ4n) is 5.69. The number of ether oxygens (including phenoxy) is 1. The van der Waals surface area contributed by atoms with Gasteiger partial charge in [-0.3, -0.25) is 14.4 Å². The number of piperidine rings is 1. The first-order chi connectivity index (χ1) is 19.3. The Morgan fingerprint density at radius 2 is 1.90 bits per heavy atom. The van der Waals surface area contributed by atoms with Gasteiger partial charge in [-0.25, -0.2) is 4.98 Å². The first kappa shape index (κ1) is 27.2. The second-order valence-corrected chi connectivity index (χ2v) is 10.5. The summed E-state index contributed by atoms with van der Waals surface area (Å²) in [5.41, 5.74) is 3.30. The average Bonchev–Trinajstić information content (AvgIpc) is 3.47. The van der Waals surface area contributed by atoms with Crippen LogP contribution in [0.15, 0.2) is 47.5 Å². The van der Waals surface area contributed by atoms with Crippen LogP contribution in [0.4, 0.5) is 0 Å². The lowest BCUT2D eigenvalue weighted by molar-refractivity contribution is -0.133. The number of aromatic nitrogens is 4. The molecule has 4 heterocycles. The molecule has 1 saturated heterocycles. The zero-order valence-electron chi connectivity index (χ0n) is 23.5. The molecular formula is C30H36N6O4. The molecule has 210 valence electrons.